The Morgan fingerprint density at radius 3 is 2.19 bits per heavy atom. The summed E-state index contributed by atoms with van der Waals surface area (Å²) in [5, 5.41) is 0. The average molecular weight is 227 g/mol. The molecule has 3 heteroatoms. The SMILES string of the molecule is CCC(CC)C(N)c1ccc(C)c(F)c1F. The van der Waals surface area contributed by atoms with Crippen LogP contribution in [0.4, 0.5) is 8.78 Å². The minimum Gasteiger partial charge on any atom is -0.324 e. The van der Waals surface area contributed by atoms with E-state index in [4.69, 9.17) is 5.73 Å². The van der Waals surface area contributed by atoms with Crippen molar-refractivity contribution < 1.29 is 8.78 Å². The molecule has 0 saturated carbocycles. The van der Waals surface area contributed by atoms with E-state index >= 15 is 0 Å². The standard InChI is InChI=1S/C13H19F2N/c1-4-9(5-2)13(16)10-7-6-8(3)11(14)12(10)15/h6-7,9,13H,4-5,16H2,1-3H3. The van der Waals surface area contributed by atoms with E-state index in [1.54, 1.807) is 19.1 Å². The Bertz CT molecular complexity index is 359. The minimum atomic E-state index is -0.792. The van der Waals surface area contributed by atoms with Crippen molar-refractivity contribution in [3.63, 3.8) is 0 Å². The summed E-state index contributed by atoms with van der Waals surface area (Å²) >= 11 is 0. The van der Waals surface area contributed by atoms with Crippen LogP contribution in [0.3, 0.4) is 0 Å². The lowest BCUT2D eigenvalue weighted by Gasteiger charge is -2.22. The predicted octanol–water partition coefficient (Wildman–Crippen LogP) is 3.71. The molecule has 0 radical (unpaired) electrons. The first-order valence-corrected chi connectivity index (χ1v) is 5.72. The fraction of sp³-hybridized carbons (Fsp3) is 0.538. The highest BCUT2D eigenvalue weighted by Crippen LogP contribution is 2.28. The fourth-order valence-electron chi connectivity index (χ4n) is 1.97. The van der Waals surface area contributed by atoms with Crippen LogP contribution in [0.5, 0.6) is 0 Å². The lowest BCUT2D eigenvalue weighted by atomic mass is 9.89. The van der Waals surface area contributed by atoms with Gasteiger partial charge in [-0.05, 0) is 18.4 Å². The van der Waals surface area contributed by atoms with Crippen LogP contribution in [0.25, 0.3) is 0 Å². The molecule has 1 atom stereocenters. The number of hydrogen-bond donors (Lipinski definition) is 1. The highest BCUT2D eigenvalue weighted by Gasteiger charge is 2.21. The first kappa shape index (κ1) is 13.1. The molecule has 2 N–H and O–H groups in total. The topological polar surface area (TPSA) is 26.0 Å². The maximum absolute atomic E-state index is 13.7. The Hall–Kier alpha value is -0.960. The minimum absolute atomic E-state index is 0.191. The lowest BCUT2D eigenvalue weighted by molar-refractivity contribution is 0.385. The van der Waals surface area contributed by atoms with Crippen LogP contribution in [0, 0.1) is 24.5 Å². The number of nitrogens with two attached hydrogens (primary N) is 1. The predicted molar refractivity (Wildman–Crippen MR) is 62.1 cm³/mol. The van der Waals surface area contributed by atoms with Crippen molar-refractivity contribution in [2.75, 3.05) is 0 Å². The molecule has 0 heterocycles. The number of aryl methyl sites for hydroxylation is 1. The van der Waals surface area contributed by atoms with Gasteiger partial charge in [-0.15, -0.1) is 0 Å². The quantitative estimate of drug-likeness (QED) is 0.833. The number of halogens is 2. The van der Waals surface area contributed by atoms with E-state index in [9.17, 15) is 8.78 Å². The third kappa shape index (κ3) is 2.40. The molecule has 1 aromatic carbocycles. The highest BCUT2D eigenvalue weighted by molar-refractivity contribution is 5.28. The molecule has 0 aliphatic rings. The number of hydrogen-bond acceptors (Lipinski definition) is 1. The van der Waals surface area contributed by atoms with Crippen molar-refractivity contribution in [2.24, 2.45) is 11.7 Å². The van der Waals surface area contributed by atoms with E-state index in [-0.39, 0.29) is 11.5 Å². The normalized spacial score (nSPS) is 13.2. The average Bonchev–Trinajstić information content (AvgIpc) is 2.27. The molecule has 0 aliphatic carbocycles. The van der Waals surface area contributed by atoms with E-state index in [0.29, 0.717) is 5.56 Å². The highest BCUT2D eigenvalue weighted by atomic mass is 19.2. The Labute approximate surface area is 95.7 Å². The van der Waals surface area contributed by atoms with Gasteiger partial charge in [-0.3, -0.25) is 0 Å². The van der Waals surface area contributed by atoms with Crippen molar-refractivity contribution in [1.29, 1.82) is 0 Å². The van der Waals surface area contributed by atoms with Gasteiger partial charge in [0.15, 0.2) is 11.6 Å². The molecule has 0 aromatic heterocycles. The molecule has 16 heavy (non-hydrogen) atoms. The van der Waals surface area contributed by atoms with Crippen LogP contribution in [0.1, 0.15) is 43.9 Å². The summed E-state index contributed by atoms with van der Waals surface area (Å²) in [6, 6.07) is 2.75. The second kappa shape index (κ2) is 5.39. The molecular formula is C13H19F2N. The van der Waals surface area contributed by atoms with Crippen molar-refractivity contribution in [2.45, 2.75) is 39.7 Å². The van der Waals surface area contributed by atoms with Crippen molar-refractivity contribution in [3.05, 3.63) is 34.9 Å². The molecule has 0 saturated heterocycles. The van der Waals surface area contributed by atoms with Crippen LogP contribution in [-0.4, -0.2) is 0 Å². The van der Waals surface area contributed by atoms with Gasteiger partial charge >= 0.3 is 0 Å². The molecule has 1 rings (SSSR count). The van der Waals surface area contributed by atoms with E-state index < -0.39 is 17.7 Å². The molecule has 1 nitrogen and oxygen atoms in total. The van der Waals surface area contributed by atoms with Crippen molar-refractivity contribution >= 4 is 0 Å². The van der Waals surface area contributed by atoms with Crippen LogP contribution < -0.4 is 5.73 Å². The van der Waals surface area contributed by atoms with Crippen molar-refractivity contribution in [3.8, 4) is 0 Å². The third-order valence-corrected chi connectivity index (χ3v) is 3.22. The first-order valence-electron chi connectivity index (χ1n) is 5.72. The molecule has 1 aromatic rings. The maximum Gasteiger partial charge on any atom is 0.163 e. The van der Waals surface area contributed by atoms with Gasteiger partial charge in [0.05, 0.1) is 0 Å². The van der Waals surface area contributed by atoms with Gasteiger partial charge in [0, 0.05) is 11.6 Å². The van der Waals surface area contributed by atoms with E-state index in [0.717, 1.165) is 12.8 Å². The molecule has 0 fully saturated rings. The van der Waals surface area contributed by atoms with Crippen molar-refractivity contribution in [1.82, 2.24) is 0 Å². The van der Waals surface area contributed by atoms with E-state index in [1.807, 2.05) is 13.8 Å². The largest absolute Gasteiger partial charge is 0.324 e. The summed E-state index contributed by atoms with van der Waals surface area (Å²) < 4.78 is 27.1. The van der Waals surface area contributed by atoms with E-state index in [2.05, 4.69) is 0 Å². The summed E-state index contributed by atoms with van der Waals surface area (Å²) in [7, 11) is 0. The Morgan fingerprint density at radius 1 is 1.12 bits per heavy atom. The molecule has 0 aliphatic heterocycles. The van der Waals surface area contributed by atoms with Gasteiger partial charge in [-0.2, -0.15) is 0 Å². The molecule has 0 spiro atoms. The van der Waals surface area contributed by atoms with Crippen LogP contribution >= 0.6 is 0 Å². The Balaban J connectivity index is 3.09. The van der Waals surface area contributed by atoms with Crippen LogP contribution in [0.2, 0.25) is 0 Å². The lowest BCUT2D eigenvalue weighted by Crippen LogP contribution is -2.22. The molecule has 90 valence electrons. The summed E-state index contributed by atoms with van der Waals surface area (Å²) in [5.41, 5.74) is 6.58. The summed E-state index contributed by atoms with van der Waals surface area (Å²) in [6.07, 6.45) is 1.74. The van der Waals surface area contributed by atoms with Gasteiger partial charge in [-0.25, -0.2) is 8.78 Å². The molecule has 1 unspecified atom stereocenters. The zero-order valence-corrected chi connectivity index (χ0v) is 10.1. The van der Waals surface area contributed by atoms with Gasteiger partial charge in [0.2, 0.25) is 0 Å². The molecular weight excluding hydrogens is 208 g/mol. The zero-order chi connectivity index (χ0) is 12.3. The van der Waals surface area contributed by atoms with Gasteiger partial charge < -0.3 is 5.73 Å². The molecule has 0 amide bonds. The maximum atomic E-state index is 13.7. The third-order valence-electron chi connectivity index (χ3n) is 3.22. The fourth-order valence-corrected chi connectivity index (χ4v) is 1.97. The second-order valence-electron chi connectivity index (χ2n) is 4.20. The Morgan fingerprint density at radius 2 is 1.69 bits per heavy atom. The van der Waals surface area contributed by atoms with E-state index in [1.165, 1.54) is 0 Å². The van der Waals surface area contributed by atoms with Crippen LogP contribution in [0.15, 0.2) is 12.1 Å². The number of benzene rings is 1. The Kier molecular flexibility index (Phi) is 4.42. The summed E-state index contributed by atoms with van der Waals surface area (Å²) in [4.78, 5) is 0. The van der Waals surface area contributed by atoms with Gasteiger partial charge in [0.25, 0.3) is 0 Å². The summed E-state index contributed by atoms with van der Waals surface area (Å²) in [6.45, 7) is 5.57. The first-order chi connectivity index (χ1) is 7.52. The molecule has 0 bridgehead atoms. The number of rotatable bonds is 4. The smallest absolute Gasteiger partial charge is 0.163 e. The van der Waals surface area contributed by atoms with Gasteiger partial charge in [0.1, 0.15) is 0 Å². The monoisotopic (exact) mass is 227 g/mol. The van der Waals surface area contributed by atoms with Gasteiger partial charge in [-0.1, -0.05) is 38.8 Å². The summed E-state index contributed by atoms with van der Waals surface area (Å²) in [5.74, 6) is -1.38. The zero-order valence-electron chi connectivity index (χ0n) is 10.1. The van der Waals surface area contributed by atoms with Crippen LogP contribution in [-0.2, 0) is 0 Å². The second-order valence-corrected chi connectivity index (χ2v) is 4.20.